The summed E-state index contributed by atoms with van der Waals surface area (Å²) in [5.41, 5.74) is 2.92. The first kappa shape index (κ1) is 32.6. The maximum Gasteiger partial charge on any atom is 0.337 e. The lowest BCUT2D eigenvalue weighted by atomic mass is 9.86. The lowest BCUT2D eigenvalue weighted by Gasteiger charge is -2.57. The monoisotopic (exact) mass is 710 g/mol. The van der Waals surface area contributed by atoms with E-state index in [9.17, 15) is 14.7 Å². The molecule has 4 atom stereocenters. The van der Waals surface area contributed by atoms with Crippen molar-refractivity contribution in [3.63, 3.8) is 0 Å². The predicted octanol–water partition coefficient (Wildman–Crippen LogP) is 5.77. The second-order valence-corrected chi connectivity index (χ2v) is 14.4. The molecule has 49 heavy (non-hydrogen) atoms. The molecule has 0 spiro atoms. The highest BCUT2D eigenvalue weighted by atomic mass is 35.5. The van der Waals surface area contributed by atoms with Crippen molar-refractivity contribution in [1.82, 2.24) is 9.80 Å². The van der Waals surface area contributed by atoms with Crippen LogP contribution in [0.5, 0.6) is 5.75 Å². The van der Waals surface area contributed by atoms with Crippen molar-refractivity contribution in [2.75, 3.05) is 63.1 Å². The minimum atomic E-state index is -1.19. The van der Waals surface area contributed by atoms with E-state index >= 15 is 4.39 Å². The first-order valence-electron chi connectivity index (χ1n) is 16.7. The molecule has 3 aromatic carbocycles. The first-order valence-corrected chi connectivity index (χ1v) is 17.4. The Kier molecular flexibility index (Phi) is 8.60. The average molecular weight is 712 g/mol. The Bertz CT molecular complexity index is 1780. The number of methoxy groups -OCH3 is 1. The summed E-state index contributed by atoms with van der Waals surface area (Å²) in [4.78, 5) is 34.5. The van der Waals surface area contributed by atoms with Crippen LogP contribution in [0.15, 0.2) is 42.5 Å². The molecule has 4 unspecified atom stereocenters. The Labute approximate surface area is 293 Å². The van der Waals surface area contributed by atoms with Gasteiger partial charge in [-0.05, 0) is 43.5 Å². The number of nitrogens with zero attached hydrogens (tertiary/aromatic N) is 4. The summed E-state index contributed by atoms with van der Waals surface area (Å²) in [5, 5.41) is 10.6. The van der Waals surface area contributed by atoms with Gasteiger partial charge in [0.15, 0.2) is 6.73 Å². The third-order valence-electron chi connectivity index (χ3n) is 10.7. The number of anilines is 2. The number of benzene rings is 3. The number of morpholine rings is 1. The highest BCUT2D eigenvalue weighted by molar-refractivity contribution is 6.40. The molecule has 6 heterocycles. The largest absolute Gasteiger partial charge is 0.478 e. The normalized spacial score (nSPS) is 24.4. The molecule has 9 rings (SSSR count). The van der Waals surface area contributed by atoms with E-state index in [1.165, 1.54) is 4.90 Å². The second kappa shape index (κ2) is 12.9. The maximum atomic E-state index is 15.7. The van der Waals surface area contributed by atoms with Crippen molar-refractivity contribution in [1.29, 1.82) is 0 Å². The molecule has 1 amide bonds. The van der Waals surface area contributed by atoms with E-state index in [4.69, 9.17) is 37.4 Å². The quantitative estimate of drug-likeness (QED) is 0.313. The molecular formula is C36H37Cl2FN4O6. The number of carbonyl (C=O) groups excluding carboxylic acids is 1. The smallest absolute Gasteiger partial charge is 0.337 e. The Morgan fingerprint density at radius 3 is 2.37 bits per heavy atom. The van der Waals surface area contributed by atoms with Gasteiger partial charge in [-0.2, -0.15) is 0 Å². The average Bonchev–Trinajstić information content (AvgIpc) is 3.33. The molecule has 13 heteroatoms. The molecule has 6 aliphatic heterocycles. The number of hydrogen-bond donors (Lipinski definition) is 1. The number of ether oxygens (including phenoxy) is 3. The van der Waals surface area contributed by atoms with Gasteiger partial charge in [0.05, 0.1) is 65.3 Å². The van der Waals surface area contributed by atoms with Crippen LogP contribution in [0, 0.1) is 5.82 Å². The SMILES string of the molecule is COCCN1CC2CC(C1)N2c1cc(Cl)c(C(=O)N2COc3c(cccc3-c3cc(N4C5CCC4COC5)c(C(=O)O)cc3F)C2)c(Cl)c1. The Morgan fingerprint density at radius 1 is 0.980 bits per heavy atom. The summed E-state index contributed by atoms with van der Waals surface area (Å²) in [6.45, 7) is 4.57. The predicted molar refractivity (Wildman–Crippen MR) is 184 cm³/mol. The van der Waals surface area contributed by atoms with E-state index in [0.29, 0.717) is 54.5 Å². The zero-order valence-electron chi connectivity index (χ0n) is 27.0. The summed E-state index contributed by atoms with van der Waals surface area (Å²) in [7, 11) is 1.71. The van der Waals surface area contributed by atoms with E-state index < -0.39 is 11.8 Å². The fourth-order valence-corrected chi connectivity index (χ4v) is 9.02. The van der Waals surface area contributed by atoms with Gasteiger partial charge in [0.25, 0.3) is 5.91 Å². The van der Waals surface area contributed by atoms with E-state index in [0.717, 1.165) is 50.7 Å². The van der Waals surface area contributed by atoms with Crippen LogP contribution in [0.3, 0.4) is 0 Å². The van der Waals surface area contributed by atoms with Crippen molar-refractivity contribution in [2.24, 2.45) is 0 Å². The second-order valence-electron chi connectivity index (χ2n) is 13.5. The van der Waals surface area contributed by atoms with Crippen LogP contribution in [0.25, 0.3) is 11.1 Å². The number of para-hydroxylation sites is 1. The van der Waals surface area contributed by atoms with Crippen molar-refractivity contribution in [2.45, 2.75) is 50.0 Å². The van der Waals surface area contributed by atoms with Crippen molar-refractivity contribution >= 4 is 46.5 Å². The first-order chi connectivity index (χ1) is 23.7. The molecule has 0 aromatic heterocycles. The molecule has 3 aromatic rings. The van der Waals surface area contributed by atoms with Crippen molar-refractivity contribution in [3.8, 4) is 16.9 Å². The highest BCUT2D eigenvalue weighted by Gasteiger charge is 2.45. The molecule has 1 N–H and O–H groups in total. The molecule has 258 valence electrons. The van der Waals surface area contributed by atoms with E-state index in [-0.39, 0.29) is 58.0 Å². The number of piperidine rings is 1. The lowest BCUT2D eigenvalue weighted by Crippen LogP contribution is -2.69. The summed E-state index contributed by atoms with van der Waals surface area (Å²) >= 11 is 13.5. The van der Waals surface area contributed by atoms with Crippen LogP contribution < -0.4 is 14.5 Å². The Balaban J connectivity index is 1.04. The van der Waals surface area contributed by atoms with Gasteiger partial charge in [-0.1, -0.05) is 41.4 Å². The molecule has 0 aliphatic carbocycles. The molecule has 0 radical (unpaired) electrons. The molecular weight excluding hydrogens is 674 g/mol. The van der Waals surface area contributed by atoms with Crippen molar-refractivity contribution in [3.05, 3.63) is 75.0 Å². The number of hydrogen-bond acceptors (Lipinski definition) is 8. The zero-order valence-corrected chi connectivity index (χ0v) is 28.6. The number of fused-ring (bicyclic) bond motifs is 5. The number of halogens is 3. The zero-order chi connectivity index (χ0) is 34.0. The van der Waals surface area contributed by atoms with Gasteiger partial charge in [0.1, 0.15) is 11.6 Å². The summed E-state index contributed by atoms with van der Waals surface area (Å²) in [6.07, 6.45) is 2.87. The standard InChI is InChI=1S/C36H37Cl2FN4O6/c1-47-8-7-40-15-24-9-25(16-40)42(24)23-10-29(37)33(30(38)11-23)35(44)41-14-20-3-2-4-26(34(20)49-19-41)27-13-32(28(36(45)46)12-31(27)39)43-21-5-6-22(43)18-48-17-21/h2-4,10-13,21-22,24-25H,5-9,14-19H2,1H3,(H,45,46). The molecule has 4 bridgehead atoms. The topological polar surface area (TPSA) is 95.0 Å². The van der Waals surface area contributed by atoms with E-state index in [1.54, 1.807) is 25.3 Å². The molecule has 10 nitrogen and oxygen atoms in total. The Hall–Kier alpha value is -3.61. The number of aromatic carboxylic acids is 1. The van der Waals surface area contributed by atoms with Crippen LogP contribution >= 0.6 is 23.2 Å². The third kappa shape index (κ3) is 5.69. The minimum absolute atomic E-state index is 0.0328. The van der Waals surface area contributed by atoms with Gasteiger partial charge in [0.2, 0.25) is 0 Å². The lowest BCUT2D eigenvalue weighted by molar-refractivity contribution is 0.0516. The van der Waals surface area contributed by atoms with Gasteiger partial charge >= 0.3 is 5.97 Å². The molecule has 6 aliphatic rings. The van der Waals surface area contributed by atoms with E-state index in [2.05, 4.69) is 14.7 Å². The molecule has 5 fully saturated rings. The van der Waals surface area contributed by atoms with Crippen molar-refractivity contribution < 1.29 is 33.3 Å². The number of carboxylic acid groups (broad SMARTS) is 1. The summed E-state index contributed by atoms with van der Waals surface area (Å²) in [5.74, 6) is -1.77. The van der Waals surface area contributed by atoms with E-state index in [1.807, 2.05) is 18.2 Å². The fourth-order valence-electron chi connectivity index (χ4n) is 8.38. The summed E-state index contributed by atoms with van der Waals surface area (Å²) < 4.78 is 32.9. The van der Waals surface area contributed by atoms with Gasteiger partial charge in [0, 0.05) is 61.2 Å². The Morgan fingerprint density at radius 2 is 1.69 bits per heavy atom. The van der Waals surface area contributed by atoms with Gasteiger partial charge in [-0.25, -0.2) is 9.18 Å². The number of amides is 1. The van der Waals surface area contributed by atoms with Gasteiger partial charge in [-0.3, -0.25) is 9.69 Å². The number of piperazine rings is 1. The third-order valence-corrected chi connectivity index (χ3v) is 11.2. The van der Waals surface area contributed by atoms with Crippen LogP contribution in [-0.4, -0.2) is 104 Å². The number of rotatable bonds is 8. The van der Waals surface area contributed by atoms with Crippen LogP contribution in [-0.2, 0) is 16.0 Å². The van der Waals surface area contributed by atoms with Gasteiger partial charge < -0.3 is 34.0 Å². The number of carbonyl (C=O) groups is 2. The number of carboxylic acids is 1. The van der Waals surface area contributed by atoms with Crippen LogP contribution in [0.1, 0.15) is 45.5 Å². The van der Waals surface area contributed by atoms with Crippen LogP contribution in [0.2, 0.25) is 10.0 Å². The van der Waals surface area contributed by atoms with Crippen LogP contribution in [0.4, 0.5) is 15.8 Å². The highest BCUT2D eigenvalue weighted by Crippen LogP contribution is 2.44. The maximum absolute atomic E-state index is 15.7. The van der Waals surface area contributed by atoms with Gasteiger partial charge in [-0.15, -0.1) is 0 Å². The summed E-state index contributed by atoms with van der Waals surface area (Å²) in [6, 6.07) is 12.5. The molecule has 5 saturated heterocycles. The molecule has 0 saturated carbocycles. The minimum Gasteiger partial charge on any atom is -0.478 e. The fraction of sp³-hybridized carbons (Fsp3) is 0.444.